The zero-order valence-corrected chi connectivity index (χ0v) is 11.6. The first-order chi connectivity index (χ1) is 7.87. The van der Waals surface area contributed by atoms with Gasteiger partial charge in [0.05, 0.1) is 15.6 Å². The Morgan fingerprint density at radius 1 is 1.53 bits per heavy atom. The first-order valence-corrected chi connectivity index (χ1v) is 5.94. The van der Waals surface area contributed by atoms with E-state index >= 15 is 0 Å². The largest absolute Gasteiger partial charge is 0.377 e. The molecule has 5 heteroatoms. The van der Waals surface area contributed by atoms with Crippen molar-refractivity contribution in [1.82, 2.24) is 5.32 Å². The van der Waals surface area contributed by atoms with Crippen LogP contribution in [-0.2, 0) is 4.74 Å². The molecule has 1 amide bonds. The molecule has 0 aliphatic rings. The number of carbonyl (C=O) groups excluding carboxylic acids is 1. The zero-order valence-electron chi connectivity index (χ0n) is 10.0. The Labute approximate surface area is 108 Å². The molecular weight excluding hydrogens is 289 g/mol. The molecule has 0 aliphatic carbocycles. The van der Waals surface area contributed by atoms with Crippen LogP contribution in [0.15, 0.2) is 22.7 Å². The third-order valence-corrected chi connectivity index (χ3v) is 3.23. The highest BCUT2D eigenvalue weighted by Crippen LogP contribution is 2.20. The van der Waals surface area contributed by atoms with Gasteiger partial charge in [0, 0.05) is 13.7 Å². The highest BCUT2D eigenvalue weighted by molar-refractivity contribution is 9.10. The lowest BCUT2D eigenvalue weighted by Gasteiger charge is -2.23. The number of ether oxygens (including phenoxy) is 1. The molecule has 0 unspecified atom stereocenters. The molecule has 0 aromatic heterocycles. The Bertz CT molecular complexity index is 421. The molecule has 3 nitrogen and oxygen atoms in total. The van der Waals surface area contributed by atoms with Crippen LogP contribution in [0.1, 0.15) is 24.2 Å². The van der Waals surface area contributed by atoms with E-state index in [4.69, 9.17) is 4.74 Å². The number of amides is 1. The van der Waals surface area contributed by atoms with E-state index in [9.17, 15) is 9.18 Å². The van der Waals surface area contributed by atoms with Gasteiger partial charge < -0.3 is 10.1 Å². The van der Waals surface area contributed by atoms with Crippen molar-refractivity contribution in [1.29, 1.82) is 0 Å². The molecular formula is C12H15BrFNO2. The van der Waals surface area contributed by atoms with Crippen LogP contribution >= 0.6 is 15.9 Å². The maximum atomic E-state index is 13.2. The lowest BCUT2D eigenvalue weighted by Crippen LogP contribution is -2.39. The molecule has 0 saturated carbocycles. The van der Waals surface area contributed by atoms with Crippen LogP contribution < -0.4 is 5.32 Å². The van der Waals surface area contributed by atoms with Crippen molar-refractivity contribution in [3.8, 4) is 0 Å². The number of hydrogen-bond acceptors (Lipinski definition) is 2. The molecule has 17 heavy (non-hydrogen) atoms. The molecule has 0 spiro atoms. The molecule has 0 bridgehead atoms. The molecule has 0 heterocycles. The Hall–Kier alpha value is -0.940. The maximum Gasteiger partial charge on any atom is 0.252 e. The first-order valence-electron chi connectivity index (χ1n) is 5.15. The van der Waals surface area contributed by atoms with Gasteiger partial charge in [0.1, 0.15) is 5.82 Å². The van der Waals surface area contributed by atoms with Gasteiger partial charge in [0.25, 0.3) is 5.91 Å². The Morgan fingerprint density at radius 3 is 2.76 bits per heavy atom. The third kappa shape index (κ3) is 3.78. The summed E-state index contributed by atoms with van der Waals surface area (Å²) in [4.78, 5) is 11.8. The number of benzene rings is 1. The van der Waals surface area contributed by atoms with Crippen molar-refractivity contribution >= 4 is 21.8 Å². The summed E-state index contributed by atoms with van der Waals surface area (Å²) in [5, 5.41) is 2.70. The second-order valence-corrected chi connectivity index (χ2v) is 5.04. The van der Waals surface area contributed by atoms with Crippen LogP contribution in [0, 0.1) is 5.82 Å². The van der Waals surface area contributed by atoms with E-state index in [1.165, 1.54) is 12.1 Å². The molecule has 0 aliphatic heterocycles. The number of halogens is 2. The molecule has 1 rings (SSSR count). The minimum Gasteiger partial charge on any atom is -0.377 e. The fraction of sp³-hybridized carbons (Fsp3) is 0.417. The Kier molecular flexibility index (Phi) is 4.65. The predicted molar refractivity (Wildman–Crippen MR) is 67.5 cm³/mol. The van der Waals surface area contributed by atoms with E-state index in [1.54, 1.807) is 13.2 Å². The van der Waals surface area contributed by atoms with Gasteiger partial charge in [-0.25, -0.2) is 4.39 Å². The van der Waals surface area contributed by atoms with Gasteiger partial charge in [-0.2, -0.15) is 0 Å². The van der Waals surface area contributed by atoms with Crippen molar-refractivity contribution in [2.24, 2.45) is 0 Å². The summed E-state index contributed by atoms with van der Waals surface area (Å²) in [7, 11) is 1.57. The van der Waals surface area contributed by atoms with Crippen molar-refractivity contribution in [2.75, 3.05) is 13.7 Å². The van der Waals surface area contributed by atoms with E-state index in [1.807, 2.05) is 13.8 Å². The SMILES string of the molecule is COC(C)(C)CNC(=O)c1cccc(F)c1Br. The third-order valence-electron chi connectivity index (χ3n) is 2.42. The van der Waals surface area contributed by atoms with Crippen LogP contribution in [-0.4, -0.2) is 25.2 Å². The molecule has 0 saturated heterocycles. The quantitative estimate of drug-likeness (QED) is 0.929. The van der Waals surface area contributed by atoms with E-state index in [-0.39, 0.29) is 15.9 Å². The van der Waals surface area contributed by atoms with Crippen LogP contribution in [0.3, 0.4) is 0 Å². The molecule has 0 fully saturated rings. The molecule has 94 valence electrons. The highest BCUT2D eigenvalue weighted by atomic mass is 79.9. The van der Waals surface area contributed by atoms with Gasteiger partial charge in [-0.1, -0.05) is 6.07 Å². The van der Waals surface area contributed by atoms with Crippen LogP contribution in [0.2, 0.25) is 0 Å². The zero-order chi connectivity index (χ0) is 13.1. The minimum atomic E-state index is -0.455. The fourth-order valence-corrected chi connectivity index (χ4v) is 1.58. The average Bonchev–Trinajstić information content (AvgIpc) is 2.30. The lowest BCUT2D eigenvalue weighted by atomic mass is 10.1. The molecule has 1 aromatic carbocycles. The van der Waals surface area contributed by atoms with Gasteiger partial charge in [-0.05, 0) is 41.9 Å². The van der Waals surface area contributed by atoms with E-state index in [0.717, 1.165) is 0 Å². The normalized spacial score (nSPS) is 11.4. The second-order valence-electron chi connectivity index (χ2n) is 4.25. The summed E-state index contributed by atoms with van der Waals surface area (Å²) >= 11 is 3.05. The number of carbonyl (C=O) groups is 1. The van der Waals surface area contributed by atoms with Crippen molar-refractivity contribution in [3.63, 3.8) is 0 Å². The molecule has 0 radical (unpaired) electrons. The number of methoxy groups -OCH3 is 1. The van der Waals surface area contributed by atoms with Crippen LogP contribution in [0.25, 0.3) is 0 Å². The fourth-order valence-electron chi connectivity index (χ4n) is 1.14. The summed E-state index contributed by atoms with van der Waals surface area (Å²) in [6.07, 6.45) is 0. The van der Waals surface area contributed by atoms with Crippen molar-refractivity contribution < 1.29 is 13.9 Å². The van der Waals surface area contributed by atoms with E-state index < -0.39 is 11.4 Å². The first kappa shape index (κ1) is 14.1. The van der Waals surface area contributed by atoms with Crippen molar-refractivity contribution in [3.05, 3.63) is 34.1 Å². The van der Waals surface area contributed by atoms with Crippen LogP contribution in [0.5, 0.6) is 0 Å². The number of nitrogens with one attached hydrogen (secondary N) is 1. The smallest absolute Gasteiger partial charge is 0.252 e. The Morgan fingerprint density at radius 2 is 2.18 bits per heavy atom. The van der Waals surface area contributed by atoms with Gasteiger partial charge in [0.2, 0.25) is 0 Å². The molecule has 1 aromatic rings. The standard InChI is InChI=1S/C12H15BrFNO2/c1-12(2,17-3)7-15-11(16)8-5-4-6-9(14)10(8)13/h4-6H,7H2,1-3H3,(H,15,16). The lowest BCUT2D eigenvalue weighted by molar-refractivity contribution is 0.0228. The summed E-state index contributed by atoms with van der Waals surface area (Å²) in [6.45, 7) is 4.06. The Balaban J connectivity index is 2.74. The topological polar surface area (TPSA) is 38.3 Å². The van der Waals surface area contributed by atoms with Gasteiger partial charge in [-0.3, -0.25) is 4.79 Å². The second kappa shape index (κ2) is 5.60. The molecule has 1 N–H and O–H groups in total. The number of rotatable bonds is 4. The van der Waals surface area contributed by atoms with Crippen molar-refractivity contribution in [2.45, 2.75) is 19.4 Å². The maximum absolute atomic E-state index is 13.2. The van der Waals surface area contributed by atoms with E-state index in [2.05, 4.69) is 21.2 Å². The van der Waals surface area contributed by atoms with E-state index in [0.29, 0.717) is 6.54 Å². The van der Waals surface area contributed by atoms with Gasteiger partial charge in [0.15, 0.2) is 0 Å². The van der Waals surface area contributed by atoms with Gasteiger partial charge in [-0.15, -0.1) is 0 Å². The minimum absolute atomic E-state index is 0.174. The summed E-state index contributed by atoms with van der Waals surface area (Å²) in [6, 6.07) is 4.35. The monoisotopic (exact) mass is 303 g/mol. The summed E-state index contributed by atoms with van der Waals surface area (Å²) < 4.78 is 18.6. The number of hydrogen-bond donors (Lipinski definition) is 1. The average molecular weight is 304 g/mol. The molecule has 0 atom stereocenters. The van der Waals surface area contributed by atoms with Gasteiger partial charge >= 0.3 is 0 Å². The highest BCUT2D eigenvalue weighted by Gasteiger charge is 2.19. The summed E-state index contributed by atoms with van der Waals surface area (Å²) in [5.74, 6) is -0.787. The van der Waals surface area contributed by atoms with Crippen LogP contribution in [0.4, 0.5) is 4.39 Å². The predicted octanol–water partition coefficient (Wildman–Crippen LogP) is 2.74. The summed E-state index contributed by atoms with van der Waals surface area (Å²) in [5.41, 5.74) is -0.174.